The van der Waals surface area contributed by atoms with Crippen LogP contribution in [0.2, 0.25) is 0 Å². The molecule has 0 aliphatic carbocycles. The Kier molecular flexibility index (Phi) is 6.54. The summed E-state index contributed by atoms with van der Waals surface area (Å²) in [5.74, 6) is 0. The summed E-state index contributed by atoms with van der Waals surface area (Å²) >= 11 is 0. The Morgan fingerprint density at radius 1 is 0.548 bits per heavy atom. The highest BCUT2D eigenvalue weighted by Crippen LogP contribution is 2.38. The van der Waals surface area contributed by atoms with Gasteiger partial charge in [-0.05, 0) is 64.4 Å². The molecule has 2 N–H and O–H groups in total. The van der Waals surface area contributed by atoms with Crippen molar-refractivity contribution in [2.45, 2.75) is 6.92 Å². The Morgan fingerprint density at radius 2 is 1.19 bits per heavy atom. The molecule has 2 heterocycles. The van der Waals surface area contributed by atoms with Crippen molar-refractivity contribution in [3.63, 3.8) is 0 Å². The van der Waals surface area contributed by atoms with Crippen molar-refractivity contribution in [2.24, 2.45) is 0 Å². The molecule has 0 fully saturated rings. The number of hydrogen-bond acceptors (Lipinski definition) is 3. The lowest BCUT2D eigenvalue weighted by molar-refractivity contribution is 1.35. The highest BCUT2D eigenvalue weighted by Gasteiger charge is 2.14. The highest BCUT2D eigenvalue weighted by atomic mass is 14.7. The van der Waals surface area contributed by atoms with Crippen LogP contribution in [0.1, 0.15) is 12.5 Å². The molecule has 0 bridgehead atoms. The second-order valence-electron chi connectivity index (χ2n) is 10.5. The fraction of sp³-hybridized carbons (Fsp3) is 0.0256. The van der Waals surface area contributed by atoms with Gasteiger partial charge in [0.25, 0.3) is 0 Å². The van der Waals surface area contributed by atoms with Gasteiger partial charge in [-0.25, -0.2) is 0 Å². The second kappa shape index (κ2) is 10.8. The van der Waals surface area contributed by atoms with Crippen LogP contribution in [0, 0.1) is 0 Å². The highest BCUT2D eigenvalue weighted by molar-refractivity contribution is 6.04. The quantitative estimate of drug-likeness (QED) is 0.221. The summed E-state index contributed by atoms with van der Waals surface area (Å²) in [5.41, 5.74) is 17.7. The molecule has 7 aromatic rings. The average Bonchev–Trinajstić information content (AvgIpc) is 3.06. The molecule has 0 spiro atoms. The Balaban J connectivity index is 1.43. The predicted molar refractivity (Wildman–Crippen MR) is 178 cm³/mol. The molecule has 0 atom stereocenters. The van der Waals surface area contributed by atoms with Crippen LogP contribution < -0.4 is 5.73 Å². The van der Waals surface area contributed by atoms with Crippen LogP contribution in [0.15, 0.2) is 140 Å². The van der Waals surface area contributed by atoms with Gasteiger partial charge in [-0.1, -0.05) is 109 Å². The lowest BCUT2D eigenvalue weighted by atomic mass is 9.91. The number of hydrogen-bond donors (Lipinski definition) is 1. The fourth-order valence-electron chi connectivity index (χ4n) is 5.72. The molecule has 3 heteroatoms. The van der Waals surface area contributed by atoms with E-state index in [1.165, 1.54) is 5.39 Å². The fourth-order valence-corrected chi connectivity index (χ4v) is 5.72. The first-order chi connectivity index (χ1) is 20.7. The second-order valence-corrected chi connectivity index (χ2v) is 10.5. The normalized spacial score (nSPS) is 11.5. The smallest absolute Gasteiger partial charge is 0.0937 e. The minimum atomic E-state index is 0.701. The van der Waals surface area contributed by atoms with E-state index in [0.29, 0.717) is 5.69 Å². The number of aromatic nitrogens is 2. The number of nitrogens with two attached hydrogens (primary N) is 1. The van der Waals surface area contributed by atoms with Gasteiger partial charge in [0.05, 0.1) is 16.9 Å². The van der Waals surface area contributed by atoms with Gasteiger partial charge >= 0.3 is 0 Å². The predicted octanol–water partition coefficient (Wildman–Crippen LogP) is 10.1. The van der Waals surface area contributed by atoms with Gasteiger partial charge in [0.15, 0.2) is 0 Å². The average molecular weight is 540 g/mol. The van der Waals surface area contributed by atoms with Crippen LogP contribution in [-0.2, 0) is 0 Å². The van der Waals surface area contributed by atoms with Crippen molar-refractivity contribution < 1.29 is 0 Å². The molecular formula is C39H29N3. The largest absolute Gasteiger partial charge is 0.396 e. The number of nitrogen functional groups attached to an aromatic ring is 1. The molecule has 2 aromatic heterocycles. The van der Waals surface area contributed by atoms with Gasteiger partial charge in [0, 0.05) is 39.9 Å². The zero-order valence-electron chi connectivity index (χ0n) is 23.3. The van der Waals surface area contributed by atoms with E-state index in [4.69, 9.17) is 15.7 Å². The summed E-state index contributed by atoms with van der Waals surface area (Å²) in [5, 5.41) is 3.32. The number of benzene rings is 5. The molecule has 42 heavy (non-hydrogen) atoms. The minimum absolute atomic E-state index is 0.701. The maximum Gasteiger partial charge on any atom is 0.0937 e. The van der Waals surface area contributed by atoms with E-state index in [1.807, 2.05) is 43.6 Å². The molecule has 0 saturated heterocycles. The summed E-state index contributed by atoms with van der Waals surface area (Å²) in [6.45, 7) is 1.99. The summed E-state index contributed by atoms with van der Waals surface area (Å²) in [6, 6.07) is 42.5. The first kappa shape index (κ1) is 25.4. The van der Waals surface area contributed by atoms with Crippen molar-refractivity contribution in [1.29, 1.82) is 0 Å². The first-order valence-corrected chi connectivity index (χ1v) is 14.1. The summed E-state index contributed by atoms with van der Waals surface area (Å²) in [4.78, 5) is 9.83. The molecule has 0 amide bonds. The van der Waals surface area contributed by atoms with Gasteiger partial charge in [-0.3, -0.25) is 9.97 Å². The molecular weight excluding hydrogens is 510 g/mol. The third-order valence-corrected chi connectivity index (χ3v) is 7.80. The summed E-state index contributed by atoms with van der Waals surface area (Å²) in [7, 11) is 0. The zero-order chi connectivity index (χ0) is 28.5. The molecule has 0 unspecified atom stereocenters. The molecule has 7 rings (SSSR count). The Morgan fingerprint density at radius 3 is 1.93 bits per heavy atom. The van der Waals surface area contributed by atoms with Crippen molar-refractivity contribution in [2.75, 3.05) is 5.73 Å². The zero-order valence-corrected chi connectivity index (χ0v) is 23.3. The maximum atomic E-state index is 6.48. The molecule has 3 nitrogen and oxygen atoms in total. The standard InChI is InChI=1S/C39H29N3/c1-2-11-27-18-19-29-20-33(24-41-39(29)37(27)40)31-21-30(26-12-5-3-6-13-26)22-32(23-31)36-25-42-38(28-14-7-4-8-15-28)35-17-10-9-16-34(35)36/h2-25H,40H2,1H3/b11-2-. The van der Waals surface area contributed by atoms with Gasteiger partial charge < -0.3 is 5.73 Å². The third-order valence-electron chi connectivity index (χ3n) is 7.80. The molecule has 0 aliphatic rings. The Bertz CT molecular complexity index is 2100. The molecule has 0 aliphatic heterocycles. The van der Waals surface area contributed by atoms with Crippen molar-refractivity contribution in [3.05, 3.63) is 145 Å². The van der Waals surface area contributed by atoms with Crippen LogP contribution in [0.5, 0.6) is 0 Å². The minimum Gasteiger partial charge on any atom is -0.396 e. The number of anilines is 1. The van der Waals surface area contributed by atoms with Crippen LogP contribution >= 0.6 is 0 Å². The van der Waals surface area contributed by atoms with Crippen molar-refractivity contribution >= 4 is 33.4 Å². The molecule has 5 aromatic carbocycles. The lowest BCUT2D eigenvalue weighted by Crippen LogP contribution is -1.94. The van der Waals surface area contributed by atoms with Gasteiger partial charge in [0.2, 0.25) is 0 Å². The monoisotopic (exact) mass is 539 g/mol. The van der Waals surface area contributed by atoms with E-state index in [0.717, 1.165) is 66.5 Å². The maximum absolute atomic E-state index is 6.48. The SMILES string of the molecule is C/C=C\c1ccc2cc(-c3cc(-c4ccccc4)cc(-c4cnc(-c5ccccc5)c5ccccc45)c3)cnc2c1N. The van der Waals surface area contributed by atoms with E-state index < -0.39 is 0 Å². The molecule has 200 valence electrons. The van der Waals surface area contributed by atoms with Gasteiger partial charge in [0.1, 0.15) is 0 Å². The van der Waals surface area contributed by atoms with Crippen LogP contribution in [0.4, 0.5) is 5.69 Å². The van der Waals surface area contributed by atoms with Crippen LogP contribution in [0.25, 0.3) is 72.4 Å². The van der Waals surface area contributed by atoms with E-state index in [-0.39, 0.29) is 0 Å². The number of fused-ring (bicyclic) bond motifs is 2. The van der Waals surface area contributed by atoms with E-state index >= 15 is 0 Å². The van der Waals surface area contributed by atoms with Gasteiger partial charge in [-0.2, -0.15) is 0 Å². The van der Waals surface area contributed by atoms with Gasteiger partial charge in [-0.15, -0.1) is 0 Å². The number of allylic oxidation sites excluding steroid dienone is 1. The number of rotatable bonds is 5. The summed E-state index contributed by atoms with van der Waals surface area (Å²) < 4.78 is 0. The van der Waals surface area contributed by atoms with Crippen LogP contribution in [0.3, 0.4) is 0 Å². The first-order valence-electron chi connectivity index (χ1n) is 14.1. The summed E-state index contributed by atoms with van der Waals surface area (Å²) in [6.07, 6.45) is 7.95. The van der Waals surface area contributed by atoms with Crippen molar-refractivity contribution in [3.8, 4) is 44.6 Å². The van der Waals surface area contributed by atoms with Crippen molar-refractivity contribution in [1.82, 2.24) is 9.97 Å². The van der Waals surface area contributed by atoms with E-state index in [2.05, 4.69) is 109 Å². The Labute approximate surface area is 245 Å². The molecule has 0 saturated carbocycles. The number of nitrogens with zero attached hydrogens (tertiary/aromatic N) is 2. The third kappa shape index (κ3) is 4.61. The lowest BCUT2D eigenvalue weighted by Gasteiger charge is -2.15. The topological polar surface area (TPSA) is 51.8 Å². The van der Waals surface area contributed by atoms with Crippen LogP contribution in [-0.4, -0.2) is 9.97 Å². The van der Waals surface area contributed by atoms with E-state index in [1.54, 1.807) is 0 Å². The Hall–Kier alpha value is -5.54. The molecule has 0 radical (unpaired) electrons. The van der Waals surface area contributed by atoms with E-state index in [9.17, 15) is 0 Å². The number of pyridine rings is 2.